The molecule has 6 heterocycles. The SMILES string of the molecule is COc1cc(-c2ccccc2)c2cc(C(O)(CCN(C)C)c3ccccc3)ccc2n1.COc1cc(-c2ccccc2)c2cc(C(O)(CCN(C)C)c3ccccn3)ccc2n1.COc1cc(-c2ccccc2)c2cc(C(O)(CCN(C)C)c3ccco3)ccc2n1.COc1nc2cccc(C(O)(CCN(C)C)c3c(F)cccc3F)c2cc1-c1ccccc1. The summed E-state index contributed by atoms with van der Waals surface area (Å²) in [6.07, 6.45) is 5.01. The summed E-state index contributed by atoms with van der Waals surface area (Å²) in [7, 11) is 22.2. The largest absolute Gasteiger partial charge is 0.481 e. The van der Waals surface area contributed by atoms with E-state index >= 15 is 0 Å². The number of rotatable bonds is 28. The van der Waals surface area contributed by atoms with Crippen LogP contribution in [0.5, 0.6) is 23.5 Å². The highest BCUT2D eigenvalue weighted by molar-refractivity contribution is 5.98. The molecular formula is C105H107F2N9O9. The lowest BCUT2D eigenvalue weighted by molar-refractivity contribution is 0.0409. The zero-order chi connectivity index (χ0) is 88.4. The topological polar surface area (TPSA) is 208 Å². The molecule has 16 aromatic rings. The molecule has 4 atom stereocenters. The maximum absolute atomic E-state index is 15.0. The first kappa shape index (κ1) is 89.8. The van der Waals surface area contributed by atoms with Gasteiger partial charge in [0.1, 0.15) is 39.8 Å². The lowest BCUT2D eigenvalue weighted by Crippen LogP contribution is -2.34. The monoisotopic (exact) mass is 1680 g/mol. The van der Waals surface area contributed by atoms with Crippen molar-refractivity contribution >= 4 is 43.6 Å². The van der Waals surface area contributed by atoms with Gasteiger partial charge in [0.25, 0.3) is 0 Å². The predicted molar refractivity (Wildman–Crippen MR) is 495 cm³/mol. The molecular weight excluding hydrogens is 1570 g/mol. The Bertz CT molecular complexity index is 6040. The van der Waals surface area contributed by atoms with E-state index in [-0.39, 0.29) is 12.0 Å². The normalized spacial score (nSPS) is 13.4. The van der Waals surface area contributed by atoms with Gasteiger partial charge in [0, 0.05) is 84.1 Å². The van der Waals surface area contributed by atoms with E-state index in [2.05, 4.69) is 82.1 Å². The first-order chi connectivity index (χ1) is 60.4. The van der Waals surface area contributed by atoms with E-state index in [1.807, 2.05) is 274 Å². The van der Waals surface area contributed by atoms with Crippen molar-refractivity contribution in [1.29, 1.82) is 0 Å². The molecule has 0 saturated carbocycles. The Morgan fingerprint density at radius 3 is 1.10 bits per heavy atom. The zero-order valence-corrected chi connectivity index (χ0v) is 72.7. The summed E-state index contributed by atoms with van der Waals surface area (Å²) in [4.78, 5) is 31.1. The molecule has 0 fully saturated rings. The molecule has 0 aliphatic carbocycles. The molecule has 640 valence electrons. The molecule has 18 nitrogen and oxygen atoms in total. The number of pyridine rings is 5. The average Bonchev–Trinajstić information content (AvgIpc) is 1.28. The molecule has 20 heteroatoms. The molecule has 0 radical (unpaired) electrons. The van der Waals surface area contributed by atoms with Crippen molar-refractivity contribution in [2.75, 3.05) is 111 Å². The molecule has 16 rings (SSSR count). The second-order valence-corrected chi connectivity index (χ2v) is 32.0. The molecule has 6 aromatic heterocycles. The summed E-state index contributed by atoms with van der Waals surface area (Å²) in [6, 6.07) is 93.7. The van der Waals surface area contributed by atoms with E-state index in [1.165, 1.54) is 18.2 Å². The summed E-state index contributed by atoms with van der Waals surface area (Å²) in [6.45, 7) is 2.60. The maximum atomic E-state index is 15.0. The fourth-order valence-corrected chi connectivity index (χ4v) is 15.7. The van der Waals surface area contributed by atoms with Crippen molar-refractivity contribution in [3.05, 3.63) is 366 Å². The summed E-state index contributed by atoms with van der Waals surface area (Å²) in [5, 5.41) is 51.1. The number of furan rings is 1. The lowest BCUT2D eigenvalue weighted by atomic mass is 9.80. The zero-order valence-electron chi connectivity index (χ0n) is 72.7. The smallest absolute Gasteiger partial charge is 0.221 e. The van der Waals surface area contributed by atoms with Crippen molar-refractivity contribution in [1.82, 2.24) is 44.5 Å². The Kier molecular flexibility index (Phi) is 29.1. The number of ether oxygens (including phenoxy) is 4. The Balaban J connectivity index is 0.000000143. The number of nitrogens with zero attached hydrogens (tertiary/aromatic N) is 9. The number of benzene rings is 10. The van der Waals surface area contributed by atoms with Crippen LogP contribution in [-0.2, 0) is 22.4 Å². The number of halogens is 2. The Labute approximate surface area is 729 Å². The second kappa shape index (κ2) is 40.6. The number of aliphatic hydroxyl groups is 4. The molecule has 0 amide bonds. The van der Waals surface area contributed by atoms with Gasteiger partial charge in [-0.15, -0.1) is 0 Å². The van der Waals surface area contributed by atoms with E-state index in [0.717, 1.165) is 113 Å². The minimum absolute atomic E-state index is 0.0870. The average molecular weight is 1680 g/mol. The summed E-state index contributed by atoms with van der Waals surface area (Å²) < 4.78 is 57.4. The minimum Gasteiger partial charge on any atom is -0.481 e. The lowest BCUT2D eigenvalue weighted by Gasteiger charge is -2.32. The quantitative estimate of drug-likeness (QED) is 0.0359. The highest BCUT2D eigenvalue weighted by Gasteiger charge is 2.40. The van der Waals surface area contributed by atoms with Crippen molar-refractivity contribution in [3.63, 3.8) is 0 Å². The highest BCUT2D eigenvalue weighted by Crippen LogP contribution is 2.46. The van der Waals surface area contributed by atoms with Crippen LogP contribution in [0.3, 0.4) is 0 Å². The van der Waals surface area contributed by atoms with E-state index < -0.39 is 34.0 Å². The van der Waals surface area contributed by atoms with Crippen LogP contribution in [0.4, 0.5) is 8.78 Å². The van der Waals surface area contributed by atoms with E-state index in [4.69, 9.17) is 23.4 Å². The van der Waals surface area contributed by atoms with Crippen molar-refractivity contribution < 1.29 is 52.6 Å². The highest BCUT2D eigenvalue weighted by atomic mass is 19.1. The van der Waals surface area contributed by atoms with Crippen LogP contribution >= 0.6 is 0 Å². The van der Waals surface area contributed by atoms with Crippen LogP contribution in [0.1, 0.15) is 70.5 Å². The number of hydrogen-bond donors (Lipinski definition) is 4. The first-order valence-electron chi connectivity index (χ1n) is 41.5. The minimum atomic E-state index is -1.91. The molecule has 0 spiro atoms. The molecule has 0 aliphatic rings. The van der Waals surface area contributed by atoms with Crippen LogP contribution in [0.2, 0.25) is 0 Å². The van der Waals surface area contributed by atoms with Gasteiger partial charge in [-0.1, -0.05) is 194 Å². The van der Waals surface area contributed by atoms with Gasteiger partial charge < -0.3 is 63.4 Å². The van der Waals surface area contributed by atoms with Gasteiger partial charge >= 0.3 is 0 Å². The van der Waals surface area contributed by atoms with Crippen LogP contribution in [0.25, 0.3) is 88.1 Å². The third-order valence-electron chi connectivity index (χ3n) is 22.5. The standard InChI is InChI=1S/C27H26F2N2O2.C27H28N2O2.C26H27N3O2.C25H26N2O3/c1-31(2)16-15-27(32,25-22(28)12-8-13-23(25)29)21-11-7-14-24-20(21)17-19(26(30-24)33-3)18-9-5-4-6-10-18;1-29(2)17-16-27(30,21-12-8-5-9-13-21)22-14-15-25-24(18-22)23(19-26(28-25)31-3)20-10-6-4-7-11-20;1-29(2)16-14-26(30,24-11-7-8-15-27-24)20-12-13-23-22(17-20)21(18-25(28-23)31-3)19-9-5-4-6-10-19;1-27(2)14-13-25(28,23-10-7-15-30-23)19-11-12-22-21(16-19)20(17-24(26-22)29-3)18-8-5-4-6-9-18/h4-14,17,32H,15-16H2,1-3H3;4-15,18-19,30H,16-17H2,1-3H3;4-13,15,17-18,30H,14,16H2,1-3H3;4-12,15-17,28H,13-14H2,1-3H3. The fraction of sp³-hybridized carbons (Fsp3) is 0.229. The molecule has 4 unspecified atom stereocenters. The van der Waals surface area contributed by atoms with Gasteiger partial charge in [-0.25, -0.2) is 28.7 Å². The second-order valence-electron chi connectivity index (χ2n) is 32.0. The van der Waals surface area contributed by atoms with E-state index in [1.54, 1.807) is 65.2 Å². The maximum Gasteiger partial charge on any atom is 0.221 e. The van der Waals surface area contributed by atoms with Gasteiger partial charge in [-0.3, -0.25) is 4.98 Å². The van der Waals surface area contributed by atoms with Crippen molar-refractivity contribution in [2.45, 2.75) is 48.1 Å². The molecule has 10 aromatic carbocycles. The predicted octanol–water partition coefficient (Wildman–Crippen LogP) is 19.7. The van der Waals surface area contributed by atoms with E-state index in [9.17, 15) is 29.2 Å². The van der Waals surface area contributed by atoms with Crippen LogP contribution in [0, 0.1) is 11.6 Å². The molecule has 4 N–H and O–H groups in total. The van der Waals surface area contributed by atoms with Crippen molar-refractivity contribution in [2.24, 2.45) is 0 Å². The van der Waals surface area contributed by atoms with Crippen LogP contribution in [-0.4, -0.2) is 176 Å². The number of hydrogen-bond acceptors (Lipinski definition) is 18. The third kappa shape index (κ3) is 20.6. The van der Waals surface area contributed by atoms with Crippen LogP contribution < -0.4 is 18.9 Å². The van der Waals surface area contributed by atoms with Gasteiger partial charge in [-0.05, 0) is 227 Å². The van der Waals surface area contributed by atoms with Gasteiger partial charge in [-0.2, -0.15) is 0 Å². The Hall–Kier alpha value is -13.0. The molecule has 0 aliphatic heterocycles. The van der Waals surface area contributed by atoms with Crippen molar-refractivity contribution in [3.8, 4) is 68.0 Å². The summed E-state index contributed by atoms with van der Waals surface area (Å²) in [5.41, 5.74) is 9.41. The van der Waals surface area contributed by atoms with Gasteiger partial charge in [0.05, 0.1) is 68.0 Å². The molecule has 125 heavy (non-hydrogen) atoms. The number of methoxy groups -OCH3 is 4. The number of aromatic nitrogens is 5. The van der Waals surface area contributed by atoms with Gasteiger partial charge in [0.15, 0.2) is 0 Å². The fourth-order valence-electron chi connectivity index (χ4n) is 15.7. The van der Waals surface area contributed by atoms with Gasteiger partial charge in [0.2, 0.25) is 23.5 Å². The summed E-state index contributed by atoms with van der Waals surface area (Å²) >= 11 is 0. The number of fused-ring (bicyclic) bond motifs is 4. The molecule has 0 bridgehead atoms. The first-order valence-corrected chi connectivity index (χ1v) is 41.5. The summed E-state index contributed by atoms with van der Waals surface area (Å²) in [5.74, 6) is 1.07. The Morgan fingerprint density at radius 2 is 0.696 bits per heavy atom. The third-order valence-corrected chi connectivity index (χ3v) is 22.5. The van der Waals surface area contributed by atoms with E-state index in [0.29, 0.717) is 83.8 Å². The van der Waals surface area contributed by atoms with Crippen LogP contribution in [0.15, 0.2) is 314 Å². The molecule has 0 saturated heterocycles. The Morgan fingerprint density at radius 1 is 0.320 bits per heavy atom.